The molecule has 146 valence electrons. The van der Waals surface area contributed by atoms with E-state index in [4.69, 9.17) is 0 Å². The van der Waals surface area contributed by atoms with Gasteiger partial charge in [-0.15, -0.1) is 0 Å². The first-order chi connectivity index (χ1) is 13.2. The Morgan fingerprint density at radius 3 is 2.68 bits per heavy atom. The molecule has 1 saturated carbocycles. The van der Waals surface area contributed by atoms with E-state index in [0.717, 1.165) is 4.57 Å². The van der Waals surface area contributed by atoms with E-state index in [-0.39, 0.29) is 22.3 Å². The molecule has 2 heterocycles. The summed E-state index contributed by atoms with van der Waals surface area (Å²) in [6.45, 7) is 0.00142. The molecule has 0 bridgehead atoms. The van der Waals surface area contributed by atoms with E-state index in [9.17, 15) is 22.8 Å². The van der Waals surface area contributed by atoms with E-state index in [0.29, 0.717) is 24.7 Å². The van der Waals surface area contributed by atoms with E-state index in [1.807, 2.05) is 0 Å². The number of nitrogens with zero attached hydrogens (tertiary/aromatic N) is 3. The minimum Gasteiger partial charge on any atom is -0.307 e. The summed E-state index contributed by atoms with van der Waals surface area (Å²) >= 11 is 0. The predicted molar refractivity (Wildman–Crippen MR) is 99.5 cm³/mol. The van der Waals surface area contributed by atoms with Crippen LogP contribution in [0.2, 0.25) is 0 Å². The summed E-state index contributed by atoms with van der Waals surface area (Å²) in [5, 5.41) is 4.06. The summed E-state index contributed by atoms with van der Waals surface area (Å²) in [5.41, 5.74) is -1.39. The summed E-state index contributed by atoms with van der Waals surface area (Å²) in [7, 11) is -2.27. The fraction of sp³-hybridized carbons (Fsp3) is 0.294. The van der Waals surface area contributed by atoms with E-state index in [2.05, 4.69) is 14.8 Å². The van der Waals surface area contributed by atoms with E-state index >= 15 is 0 Å². The Labute approximate surface area is 158 Å². The maximum Gasteiger partial charge on any atom is 0.329 e. The third kappa shape index (κ3) is 3.18. The van der Waals surface area contributed by atoms with Gasteiger partial charge in [-0.2, -0.15) is 9.82 Å². The molecular formula is C17H17N5O5S. The van der Waals surface area contributed by atoms with Gasteiger partial charge in [0.25, 0.3) is 5.56 Å². The van der Waals surface area contributed by atoms with Gasteiger partial charge in [0.2, 0.25) is 10.0 Å². The van der Waals surface area contributed by atoms with Gasteiger partial charge in [0.05, 0.1) is 34.1 Å². The van der Waals surface area contributed by atoms with Gasteiger partial charge >= 0.3 is 5.69 Å². The van der Waals surface area contributed by atoms with Crippen molar-refractivity contribution in [1.82, 2.24) is 24.1 Å². The van der Waals surface area contributed by atoms with Crippen LogP contribution in [-0.2, 0) is 28.4 Å². The first-order valence-electron chi connectivity index (χ1n) is 8.48. The van der Waals surface area contributed by atoms with Crippen LogP contribution >= 0.6 is 0 Å². The molecule has 1 aliphatic carbocycles. The lowest BCUT2D eigenvalue weighted by Gasteiger charge is -2.12. The number of hydrogen-bond donors (Lipinski definition) is 2. The van der Waals surface area contributed by atoms with Gasteiger partial charge in [0.1, 0.15) is 6.29 Å². The Bertz CT molecular complexity index is 1310. The highest BCUT2D eigenvalue weighted by Gasteiger charge is 2.46. The molecule has 0 saturated heterocycles. The second kappa shape index (κ2) is 6.24. The molecule has 0 aliphatic heterocycles. The number of carbonyl (C=O) groups excluding carboxylic acids is 1. The van der Waals surface area contributed by atoms with Crippen LogP contribution in [-0.4, -0.2) is 39.6 Å². The minimum atomic E-state index is -3.99. The van der Waals surface area contributed by atoms with Crippen LogP contribution in [0, 0.1) is 0 Å². The van der Waals surface area contributed by atoms with Gasteiger partial charge in [-0.05, 0) is 31.0 Å². The van der Waals surface area contributed by atoms with Crippen LogP contribution < -0.4 is 16.0 Å². The average molecular weight is 403 g/mol. The highest BCUT2D eigenvalue weighted by Crippen LogP contribution is 2.34. The largest absolute Gasteiger partial charge is 0.329 e. The standard InChI is InChI=1S/C17H17N5O5S/c1-21-8-11(7-18-21)9-22-15(24)13-6-12(2-3-14(13)19-16(22)25)28(26,27)20-17(10-23)4-5-17/h2-3,6-8,10,20H,4-5,9H2,1H3,(H,19,25). The second-order valence-corrected chi connectivity index (χ2v) is 8.61. The van der Waals surface area contributed by atoms with Crippen molar-refractivity contribution in [2.24, 2.45) is 7.05 Å². The highest BCUT2D eigenvalue weighted by molar-refractivity contribution is 7.89. The maximum absolute atomic E-state index is 12.8. The summed E-state index contributed by atoms with van der Waals surface area (Å²) in [5.74, 6) is 0. The maximum atomic E-state index is 12.8. The Balaban J connectivity index is 1.79. The highest BCUT2D eigenvalue weighted by atomic mass is 32.2. The zero-order chi connectivity index (χ0) is 20.1. The van der Waals surface area contributed by atoms with Crippen molar-refractivity contribution in [3.63, 3.8) is 0 Å². The van der Waals surface area contributed by atoms with Crippen LogP contribution in [0.1, 0.15) is 18.4 Å². The van der Waals surface area contributed by atoms with Gasteiger partial charge in [-0.25, -0.2) is 13.2 Å². The molecule has 3 aromatic rings. The number of aromatic amines is 1. The van der Waals surface area contributed by atoms with Crippen LogP contribution in [0.25, 0.3) is 10.9 Å². The summed E-state index contributed by atoms with van der Waals surface area (Å²) in [6.07, 6.45) is 4.68. The average Bonchev–Trinajstić information content (AvgIpc) is 3.29. The summed E-state index contributed by atoms with van der Waals surface area (Å²) in [6, 6.07) is 3.85. The van der Waals surface area contributed by atoms with Gasteiger partial charge in [0, 0.05) is 18.8 Å². The van der Waals surface area contributed by atoms with Crippen LogP contribution in [0.3, 0.4) is 0 Å². The normalized spacial score (nSPS) is 15.6. The van der Waals surface area contributed by atoms with Crippen molar-refractivity contribution in [3.05, 3.63) is 57.0 Å². The topological polar surface area (TPSA) is 136 Å². The Hall–Kier alpha value is -3.05. The SMILES string of the molecule is Cn1cc(Cn2c(=O)[nH]c3ccc(S(=O)(=O)NC4(C=O)CC4)cc3c2=O)cn1. The zero-order valence-electron chi connectivity index (χ0n) is 14.9. The summed E-state index contributed by atoms with van der Waals surface area (Å²) < 4.78 is 30.1. The molecule has 0 spiro atoms. The smallest absolute Gasteiger partial charge is 0.307 e. The third-order valence-electron chi connectivity index (χ3n) is 4.71. The number of nitrogens with one attached hydrogen (secondary N) is 2. The molecule has 1 aliphatic rings. The molecule has 1 aromatic carbocycles. The molecule has 4 rings (SSSR count). The van der Waals surface area contributed by atoms with Crippen molar-refractivity contribution in [1.29, 1.82) is 0 Å². The Morgan fingerprint density at radius 1 is 1.32 bits per heavy atom. The van der Waals surface area contributed by atoms with Gasteiger partial charge in [-0.3, -0.25) is 14.0 Å². The molecule has 2 aromatic heterocycles. The van der Waals surface area contributed by atoms with Crippen LogP contribution in [0.5, 0.6) is 0 Å². The number of rotatable bonds is 6. The van der Waals surface area contributed by atoms with E-state index in [1.54, 1.807) is 17.9 Å². The van der Waals surface area contributed by atoms with Crippen LogP contribution in [0.15, 0.2) is 45.1 Å². The molecule has 1 fully saturated rings. The van der Waals surface area contributed by atoms with Gasteiger partial charge < -0.3 is 9.78 Å². The molecule has 0 radical (unpaired) electrons. The number of carbonyl (C=O) groups is 1. The fourth-order valence-electron chi connectivity index (χ4n) is 2.98. The lowest BCUT2D eigenvalue weighted by Crippen LogP contribution is -2.38. The second-order valence-electron chi connectivity index (χ2n) is 6.93. The van der Waals surface area contributed by atoms with Gasteiger partial charge in [-0.1, -0.05) is 0 Å². The quantitative estimate of drug-likeness (QED) is 0.532. The molecular weight excluding hydrogens is 386 g/mol. The Morgan fingerprint density at radius 2 is 2.07 bits per heavy atom. The predicted octanol–water partition coefficient (Wildman–Crippen LogP) is -0.519. The van der Waals surface area contributed by atoms with Crippen molar-refractivity contribution in [2.75, 3.05) is 0 Å². The molecule has 11 heteroatoms. The van der Waals surface area contributed by atoms with Crippen molar-refractivity contribution in [2.45, 2.75) is 29.8 Å². The number of aromatic nitrogens is 4. The minimum absolute atomic E-state index is 0.00142. The fourth-order valence-corrected chi connectivity index (χ4v) is 4.41. The van der Waals surface area contributed by atoms with Gasteiger partial charge in [0.15, 0.2) is 0 Å². The molecule has 0 atom stereocenters. The third-order valence-corrected chi connectivity index (χ3v) is 6.26. The summed E-state index contributed by atoms with van der Waals surface area (Å²) in [4.78, 5) is 38.7. The first-order valence-corrected chi connectivity index (χ1v) is 9.96. The molecule has 2 N–H and O–H groups in total. The lowest BCUT2D eigenvalue weighted by atomic mass is 10.2. The molecule has 10 nitrogen and oxygen atoms in total. The number of benzene rings is 1. The number of H-pyrrole nitrogens is 1. The molecule has 28 heavy (non-hydrogen) atoms. The van der Waals surface area contributed by atoms with E-state index < -0.39 is 26.8 Å². The monoisotopic (exact) mass is 403 g/mol. The number of aldehydes is 1. The number of aryl methyl sites for hydroxylation is 1. The number of hydrogen-bond acceptors (Lipinski definition) is 6. The van der Waals surface area contributed by atoms with Crippen LogP contribution in [0.4, 0.5) is 0 Å². The van der Waals surface area contributed by atoms with Crippen molar-refractivity contribution in [3.8, 4) is 0 Å². The first kappa shape index (κ1) is 18.3. The Kier molecular flexibility index (Phi) is 4.08. The van der Waals surface area contributed by atoms with Crippen molar-refractivity contribution >= 4 is 27.2 Å². The van der Waals surface area contributed by atoms with Crippen molar-refractivity contribution < 1.29 is 13.2 Å². The zero-order valence-corrected chi connectivity index (χ0v) is 15.7. The lowest BCUT2D eigenvalue weighted by molar-refractivity contribution is -0.110. The molecule has 0 unspecified atom stereocenters. The van der Waals surface area contributed by atoms with E-state index in [1.165, 1.54) is 24.4 Å². The molecule has 0 amide bonds. The number of fused-ring (bicyclic) bond motifs is 1. The number of sulfonamides is 1.